The van der Waals surface area contributed by atoms with Crippen molar-refractivity contribution in [3.05, 3.63) is 58.2 Å². The van der Waals surface area contributed by atoms with Crippen molar-refractivity contribution >= 4 is 34.3 Å². The number of carbonyl (C=O) groups excluding carboxylic acids is 1. The van der Waals surface area contributed by atoms with E-state index in [1.54, 1.807) is 11.3 Å². The Hall–Kier alpha value is -2.18. The molecule has 0 aliphatic carbocycles. The number of nitrogens with one attached hydrogen (secondary N) is 2. The highest BCUT2D eigenvalue weighted by molar-refractivity contribution is 7.14. The lowest BCUT2D eigenvalue weighted by atomic mass is 10.3. The van der Waals surface area contributed by atoms with E-state index in [0.29, 0.717) is 12.2 Å². The maximum absolute atomic E-state index is 12.1. The zero-order valence-corrected chi connectivity index (χ0v) is 14.1. The first-order chi connectivity index (χ1) is 11.3. The van der Waals surface area contributed by atoms with E-state index in [0.717, 1.165) is 29.2 Å². The minimum atomic E-state index is -0.109. The van der Waals surface area contributed by atoms with Crippen molar-refractivity contribution in [3.8, 4) is 10.6 Å². The molecule has 3 aromatic rings. The average Bonchev–Trinajstić information content (AvgIpc) is 3.26. The van der Waals surface area contributed by atoms with E-state index in [1.807, 2.05) is 52.5 Å². The van der Waals surface area contributed by atoms with Gasteiger partial charge >= 0.3 is 0 Å². The maximum atomic E-state index is 12.1. The molecule has 0 aliphatic rings. The van der Waals surface area contributed by atoms with E-state index < -0.39 is 0 Å². The highest BCUT2D eigenvalue weighted by atomic mass is 32.1. The monoisotopic (exact) mass is 343 g/mol. The van der Waals surface area contributed by atoms with Crippen LogP contribution < -0.4 is 10.6 Å². The minimum Gasteiger partial charge on any atom is -0.385 e. The number of aromatic nitrogens is 1. The van der Waals surface area contributed by atoms with Crippen LogP contribution in [0.15, 0.2) is 52.5 Å². The van der Waals surface area contributed by atoms with Crippen LogP contribution >= 0.6 is 22.7 Å². The molecule has 4 nitrogen and oxygen atoms in total. The Bertz CT molecular complexity index is 738. The molecule has 6 heteroatoms. The molecule has 3 rings (SSSR count). The number of hydrogen-bond donors (Lipinski definition) is 2. The zero-order chi connectivity index (χ0) is 15.9. The second kappa shape index (κ2) is 7.89. The number of anilines is 1. The number of para-hydroxylation sites is 1. The van der Waals surface area contributed by atoms with Crippen molar-refractivity contribution in [3.63, 3.8) is 0 Å². The summed E-state index contributed by atoms with van der Waals surface area (Å²) in [4.78, 5) is 16.5. The number of nitrogens with zero attached hydrogens (tertiary/aromatic N) is 1. The van der Waals surface area contributed by atoms with Gasteiger partial charge in [0.05, 0.1) is 0 Å². The summed E-state index contributed by atoms with van der Waals surface area (Å²) in [6, 6.07) is 12.1. The van der Waals surface area contributed by atoms with E-state index >= 15 is 0 Å². The number of benzene rings is 1. The molecular formula is C17H17N3OS2. The fourth-order valence-corrected chi connectivity index (χ4v) is 3.58. The van der Waals surface area contributed by atoms with Crippen LogP contribution in [0.25, 0.3) is 10.6 Å². The Morgan fingerprint density at radius 2 is 1.96 bits per heavy atom. The molecule has 2 aromatic heterocycles. The van der Waals surface area contributed by atoms with Crippen molar-refractivity contribution in [2.45, 2.75) is 6.42 Å². The summed E-state index contributed by atoms with van der Waals surface area (Å²) >= 11 is 3.13. The molecule has 23 heavy (non-hydrogen) atoms. The highest BCUT2D eigenvalue weighted by Gasteiger charge is 2.11. The van der Waals surface area contributed by atoms with E-state index in [4.69, 9.17) is 0 Å². The quantitative estimate of drug-likeness (QED) is 0.635. The fourth-order valence-electron chi connectivity index (χ4n) is 2.07. The number of thiazole rings is 1. The molecule has 2 N–H and O–H groups in total. The van der Waals surface area contributed by atoms with Gasteiger partial charge in [0.15, 0.2) is 0 Å². The fraction of sp³-hybridized carbons (Fsp3) is 0.176. The summed E-state index contributed by atoms with van der Waals surface area (Å²) in [5.74, 6) is -0.109. The van der Waals surface area contributed by atoms with Gasteiger partial charge in [-0.3, -0.25) is 4.79 Å². The minimum absolute atomic E-state index is 0.109. The Morgan fingerprint density at radius 3 is 2.74 bits per heavy atom. The molecule has 0 atom stereocenters. The van der Waals surface area contributed by atoms with Gasteiger partial charge in [-0.15, -0.1) is 11.3 Å². The molecule has 0 saturated carbocycles. The molecule has 0 saturated heterocycles. The van der Waals surface area contributed by atoms with Gasteiger partial charge in [-0.25, -0.2) is 4.98 Å². The second-order valence-corrected chi connectivity index (χ2v) is 6.59. The topological polar surface area (TPSA) is 54.0 Å². The standard InChI is InChI=1S/C17H17N3OS2/c21-16(15-12-23-17(20-15)13-7-10-22-11-13)19-9-4-8-18-14-5-2-1-3-6-14/h1-3,5-7,10-12,18H,4,8-9H2,(H,19,21). The summed E-state index contributed by atoms with van der Waals surface area (Å²) in [5, 5.41) is 13.0. The predicted octanol–water partition coefficient (Wildman–Crippen LogP) is 4.10. The van der Waals surface area contributed by atoms with Gasteiger partial charge in [0.2, 0.25) is 0 Å². The lowest BCUT2D eigenvalue weighted by Gasteiger charge is -2.06. The molecule has 2 heterocycles. The van der Waals surface area contributed by atoms with Gasteiger partial charge in [-0.1, -0.05) is 18.2 Å². The molecule has 0 aliphatic heterocycles. The Kier molecular flexibility index (Phi) is 5.39. The molecule has 0 fully saturated rings. The summed E-state index contributed by atoms with van der Waals surface area (Å²) in [7, 11) is 0. The Labute approximate surface area is 143 Å². The van der Waals surface area contributed by atoms with Crippen LogP contribution in [0.2, 0.25) is 0 Å². The van der Waals surface area contributed by atoms with Crippen molar-refractivity contribution < 1.29 is 4.79 Å². The molecule has 0 unspecified atom stereocenters. The second-order valence-electron chi connectivity index (χ2n) is 4.95. The third-order valence-electron chi connectivity index (χ3n) is 3.25. The smallest absolute Gasteiger partial charge is 0.270 e. The number of amides is 1. The van der Waals surface area contributed by atoms with Crippen LogP contribution in [0.4, 0.5) is 5.69 Å². The maximum Gasteiger partial charge on any atom is 0.270 e. The zero-order valence-electron chi connectivity index (χ0n) is 12.5. The summed E-state index contributed by atoms with van der Waals surface area (Å²) in [6.45, 7) is 1.45. The van der Waals surface area contributed by atoms with Gasteiger partial charge < -0.3 is 10.6 Å². The van der Waals surface area contributed by atoms with Gasteiger partial charge in [-0.05, 0) is 30.0 Å². The number of thiophene rings is 1. The molecule has 0 radical (unpaired) electrons. The number of carbonyl (C=O) groups is 1. The first-order valence-electron chi connectivity index (χ1n) is 7.38. The molecule has 118 valence electrons. The van der Waals surface area contributed by atoms with E-state index in [1.165, 1.54) is 11.3 Å². The number of rotatable bonds is 7. The Morgan fingerprint density at radius 1 is 1.09 bits per heavy atom. The lowest BCUT2D eigenvalue weighted by Crippen LogP contribution is -2.26. The van der Waals surface area contributed by atoms with Crippen LogP contribution in [0, 0.1) is 0 Å². The van der Waals surface area contributed by atoms with Crippen LogP contribution in [0.1, 0.15) is 16.9 Å². The van der Waals surface area contributed by atoms with Crippen LogP contribution in [0.5, 0.6) is 0 Å². The normalized spacial score (nSPS) is 10.4. The van der Waals surface area contributed by atoms with Gasteiger partial charge in [0.1, 0.15) is 10.7 Å². The highest BCUT2D eigenvalue weighted by Crippen LogP contribution is 2.25. The number of hydrogen-bond acceptors (Lipinski definition) is 5. The van der Waals surface area contributed by atoms with Crippen LogP contribution in [-0.4, -0.2) is 24.0 Å². The molecular weight excluding hydrogens is 326 g/mol. The van der Waals surface area contributed by atoms with Crippen molar-refractivity contribution in [2.75, 3.05) is 18.4 Å². The van der Waals surface area contributed by atoms with E-state index in [9.17, 15) is 4.79 Å². The van der Waals surface area contributed by atoms with E-state index in [2.05, 4.69) is 15.6 Å². The SMILES string of the molecule is O=C(NCCCNc1ccccc1)c1csc(-c2ccsc2)n1. The largest absolute Gasteiger partial charge is 0.385 e. The summed E-state index contributed by atoms with van der Waals surface area (Å²) in [5.41, 5.74) is 2.66. The molecule has 1 aromatic carbocycles. The predicted molar refractivity (Wildman–Crippen MR) is 97.3 cm³/mol. The molecule has 0 spiro atoms. The van der Waals surface area contributed by atoms with Gasteiger partial charge in [0, 0.05) is 35.1 Å². The van der Waals surface area contributed by atoms with Gasteiger partial charge in [0.25, 0.3) is 5.91 Å². The van der Waals surface area contributed by atoms with Crippen LogP contribution in [0.3, 0.4) is 0 Å². The lowest BCUT2D eigenvalue weighted by molar-refractivity contribution is 0.0949. The third-order valence-corrected chi connectivity index (χ3v) is 4.82. The Balaban J connectivity index is 1.41. The van der Waals surface area contributed by atoms with Gasteiger partial charge in [-0.2, -0.15) is 11.3 Å². The average molecular weight is 343 g/mol. The summed E-state index contributed by atoms with van der Waals surface area (Å²) in [6.07, 6.45) is 0.863. The summed E-state index contributed by atoms with van der Waals surface area (Å²) < 4.78 is 0. The first-order valence-corrected chi connectivity index (χ1v) is 9.20. The van der Waals surface area contributed by atoms with E-state index in [-0.39, 0.29) is 5.91 Å². The van der Waals surface area contributed by atoms with Crippen LogP contribution in [-0.2, 0) is 0 Å². The van der Waals surface area contributed by atoms with Crippen molar-refractivity contribution in [1.29, 1.82) is 0 Å². The van der Waals surface area contributed by atoms with Crippen molar-refractivity contribution in [2.24, 2.45) is 0 Å². The molecule has 1 amide bonds. The van der Waals surface area contributed by atoms with Crippen molar-refractivity contribution in [1.82, 2.24) is 10.3 Å². The first kappa shape index (κ1) is 15.7. The third kappa shape index (κ3) is 4.40. The molecule has 0 bridgehead atoms.